The van der Waals surface area contributed by atoms with Gasteiger partial charge >= 0.3 is 5.97 Å². The Labute approximate surface area is 114 Å². The van der Waals surface area contributed by atoms with Gasteiger partial charge in [-0.25, -0.2) is 4.79 Å². The predicted octanol–water partition coefficient (Wildman–Crippen LogP) is 2.68. The van der Waals surface area contributed by atoms with E-state index in [1.807, 2.05) is 19.1 Å². The van der Waals surface area contributed by atoms with E-state index in [1.54, 1.807) is 6.07 Å². The second kappa shape index (κ2) is 5.95. The van der Waals surface area contributed by atoms with Crippen LogP contribution in [0.1, 0.15) is 37.0 Å². The van der Waals surface area contributed by atoms with Crippen LogP contribution in [0.25, 0.3) is 0 Å². The second-order valence-electron chi connectivity index (χ2n) is 4.98. The Bertz CT molecular complexity index is 455. The normalized spacial score (nSPS) is 14.2. The van der Waals surface area contributed by atoms with Crippen molar-refractivity contribution < 1.29 is 9.53 Å². The fraction of sp³-hybridized carbons (Fsp3) is 0.533. The highest BCUT2D eigenvalue weighted by Crippen LogP contribution is 2.33. The first-order valence-electron chi connectivity index (χ1n) is 6.97. The Morgan fingerprint density at radius 2 is 2.16 bits per heavy atom. The molecule has 0 unspecified atom stereocenters. The van der Waals surface area contributed by atoms with Crippen molar-refractivity contribution in [2.24, 2.45) is 5.92 Å². The van der Waals surface area contributed by atoms with Crippen LogP contribution in [0.4, 0.5) is 11.4 Å². The standard InChI is InChI=1S/C15H22N2O2/c1-3-17(10-11-5-6-11)14-8-7-12(16)9-13(14)15(18)19-4-2/h7-9,11H,3-6,10,16H2,1-2H3. The second-order valence-corrected chi connectivity index (χ2v) is 4.98. The van der Waals surface area contributed by atoms with Gasteiger partial charge in [0, 0.05) is 18.8 Å². The monoisotopic (exact) mass is 262 g/mol. The quantitative estimate of drug-likeness (QED) is 0.632. The van der Waals surface area contributed by atoms with Gasteiger partial charge in [-0.15, -0.1) is 0 Å². The lowest BCUT2D eigenvalue weighted by Crippen LogP contribution is -2.27. The van der Waals surface area contributed by atoms with E-state index in [9.17, 15) is 4.79 Å². The molecular formula is C15H22N2O2. The predicted molar refractivity (Wildman–Crippen MR) is 77.4 cm³/mol. The number of benzene rings is 1. The third-order valence-electron chi connectivity index (χ3n) is 3.41. The zero-order valence-electron chi connectivity index (χ0n) is 11.7. The van der Waals surface area contributed by atoms with Crippen molar-refractivity contribution in [2.45, 2.75) is 26.7 Å². The van der Waals surface area contributed by atoms with E-state index < -0.39 is 0 Å². The molecule has 1 saturated carbocycles. The number of carbonyl (C=O) groups excluding carboxylic acids is 1. The van der Waals surface area contributed by atoms with Crippen molar-refractivity contribution in [3.63, 3.8) is 0 Å². The average molecular weight is 262 g/mol. The summed E-state index contributed by atoms with van der Waals surface area (Å²) >= 11 is 0. The molecule has 4 heteroatoms. The number of hydrogen-bond acceptors (Lipinski definition) is 4. The van der Waals surface area contributed by atoms with Crippen LogP contribution in [0.2, 0.25) is 0 Å². The number of nitrogen functional groups attached to an aromatic ring is 1. The maximum atomic E-state index is 12.0. The number of hydrogen-bond donors (Lipinski definition) is 1. The lowest BCUT2D eigenvalue weighted by Gasteiger charge is -2.25. The summed E-state index contributed by atoms with van der Waals surface area (Å²) < 4.78 is 5.12. The number of carbonyl (C=O) groups is 1. The van der Waals surface area contributed by atoms with E-state index >= 15 is 0 Å². The Kier molecular flexibility index (Phi) is 4.30. The molecule has 1 aromatic rings. The summed E-state index contributed by atoms with van der Waals surface area (Å²) in [6.45, 7) is 6.18. The summed E-state index contributed by atoms with van der Waals surface area (Å²) in [5.74, 6) is 0.478. The molecule has 0 radical (unpaired) electrons. The van der Waals surface area contributed by atoms with Gasteiger partial charge in [0.25, 0.3) is 0 Å². The van der Waals surface area contributed by atoms with Gasteiger partial charge in [0.15, 0.2) is 0 Å². The number of nitrogens with zero attached hydrogens (tertiary/aromatic N) is 1. The molecule has 104 valence electrons. The van der Waals surface area contributed by atoms with Gasteiger partial charge in [0.2, 0.25) is 0 Å². The molecule has 1 aromatic carbocycles. The molecule has 0 heterocycles. The van der Waals surface area contributed by atoms with Gasteiger partial charge in [-0.1, -0.05) is 0 Å². The van der Waals surface area contributed by atoms with Crippen molar-refractivity contribution in [3.05, 3.63) is 23.8 Å². The van der Waals surface area contributed by atoms with Gasteiger partial charge in [0.1, 0.15) is 0 Å². The summed E-state index contributed by atoms with van der Waals surface area (Å²) in [7, 11) is 0. The van der Waals surface area contributed by atoms with Gasteiger partial charge in [-0.2, -0.15) is 0 Å². The number of ether oxygens (including phenoxy) is 1. The zero-order chi connectivity index (χ0) is 13.8. The van der Waals surface area contributed by atoms with Crippen molar-refractivity contribution in [3.8, 4) is 0 Å². The zero-order valence-corrected chi connectivity index (χ0v) is 11.7. The topological polar surface area (TPSA) is 55.6 Å². The molecule has 0 saturated heterocycles. The van der Waals surface area contributed by atoms with Crippen LogP contribution in [0, 0.1) is 5.92 Å². The highest BCUT2D eigenvalue weighted by Gasteiger charge is 2.26. The minimum absolute atomic E-state index is 0.293. The van der Waals surface area contributed by atoms with Crippen LogP contribution >= 0.6 is 0 Å². The maximum Gasteiger partial charge on any atom is 0.340 e. The summed E-state index contributed by atoms with van der Waals surface area (Å²) in [5.41, 5.74) is 7.89. The van der Waals surface area contributed by atoms with Crippen molar-refractivity contribution >= 4 is 17.3 Å². The molecule has 1 fully saturated rings. The van der Waals surface area contributed by atoms with Crippen LogP contribution in [0.15, 0.2) is 18.2 Å². The van der Waals surface area contributed by atoms with Crippen molar-refractivity contribution in [1.82, 2.24) is 0 Å². The summed E-state index contributed by atoms with van der Waals surface area (Å²) in [6, 6.07) is 5.48. The summed E-state index contributed by atoms with van der Waals surface area (Å²) in [6.07, 6.45) is 2.58. The molecule has 4 nitrogen and oxygen atoms in total. The van der Waals surface area contributed by atoms with E-state index in [4.69, 9.17) is 10.5 Å². The largest absolute Gasteiger partial charge is 0.462 e. The highest BCUT2D eigenvalue weighted by molar-refractivity contribution is 5.97. The fourth-order valence-corrected chi connectivity index (χ4v) is 2.21. The first-order valence-corrected chi connectivity index (χ1v) is 6.97. The van der Waals surface area contributed by atoms with Crippen LogP contribution < -0.4 is 10.6 Å². The molecule has 1 aliphatic rings. The third-order valence-corrected chi connectivity index (χ3v) is 3.41. The maximum absolute atomic E-state index is 12.0. The van der Waals surface area contributed by atoms with E-state index in [1.165, 1.54) is 12.8 Å². The first-order chi connectivity index (χ1) is 9.15. The van der Waals surface area contributed by atoms with Crippen LogP contribution in [-0.4, -0.2) is 25.7 Å². The molecule has 0 aliphatic heterocycles. The van der Waals surface area contributed by atoms with E-state index in [0.717, 1.165) is 24.7 Å². The van der Waals surface area contributed by atoms with Crippen LogP contribution in [0.5, 0.6) is 0 Å². The lowest BCUT2D eigenvalue weighted by atomic mass is 10.1. The van der Waals surface area contributed by atoms with E-state index in [0.29, 0.717) is 17.9 Å². The summed E-state index contributed by atoms with van der Waals surface area (Å²) in [4.78, 5) is 14.3. The molecule has 0 aromatic heterocycles. The molecule has 1 aliphatic carbocycles. The van der Waals surface area contributed by atoms with Gasteiger partial charge in [-0.05, 0) is 50.8 Å². The minimum Gasteiger partial charge on any atom is -0.462 e. The van der Waals surface area contributed by atoms with E-state index in [-0.39, 0.29) is 5.97 Å². The Hall–Kier alpha value is -1.71. The molecule has 19 heavy (non-hydrogen) atoms. The van der Waals surface area contributed by atoms with Crippen LogP contribution in [0.3, 0.4) is 0 Å². The molecule has 0 spiro atoms. The summed E-state index contributed by atoms with van der Waals surface area (Å²) in [5, 5.41) is 0. The molecule has 0 amide bonds. The molecule has 0 bridgehead atoms. The fourth-order valence-electron chi connectivity index (χ4n) is 2.21. The number of anilines is 2. The number of rotatable bonds is 6. The van der Waals surface area contributed by atoms with Gasteiger partial charge in [0.05, 0.1) is 17.9 Å². The Morgan fingerprint density at radius 3 is 2.74 bits per heavy atom. The SMILES string of the molecule is CCOC(=O)c1cc(N)ccc1N(CC)CC1CC1. The van der Waals surface area contributed by atoms with Crippen molar-refractivity contribution in [1.29, 1.82) is 0 Å². The first kappa shape index (κ1) is 13.7. The Balaban J connectivity index is 2.28. The van der Waals surface area contributed by atoms with Gasteiger partial charge in [-0.3, -0.25) is 0 Å². The molecular weight excluding hydrogens is 240 g/mol. The number of esters is 1. The third kappa shape index (κ3) is 3.40. The molecule has 0 atom stereocenters. The van der Waals surface area contributed by atoms with Gasteiger partial charge < -0.3 is 15.4 Å². The Morgan fingerprint density at radius 1 is 1.42 bits per heavy atom. The van der Waals surface area contributed by atoms with Crippen molar-refractivity contribution in [2.75, 3.05) is 30.3 Å². The highest BCUT2D eigenvalue weighted by atomic mass is 16.5. The minimum atomic E-state index is -0.293. The number of nitrogens with two attached hydrogens (primary N) is 1. The smallest absolute Gasteiger partial charge is 0.340 e. The molecule has 2 rings (SSSR count). The average Bonchev–Trinajstić information content (AvgIpc) is 3.20. The lowest BCUT2D eigenvalue weighted by molar-refractivity contribution is 0.0527. The van der Waals surface area contributed by atoms with E-state index in [2.05, 4.69) is 11.8 Å². The molecule has 2 N–H and O–H groups in total. The van der Waals surface area contributed by atoms with Crippen LogP contribution in [-0.2, 0) is 4.74 Å².